The molecule has 5 heteroatoms. The van der Waals surface area contributed by atoms with Crippen LogP contribution in [-0.2, 0) is 4.79 Å². The maximum absolute atomic E-state index is 11.6. The van der Waals surface area contributed by atoms with Crippen molar-refractivity contribution < 1.29 is 4.79 Å². The van der Waals surface area contributed by atoms with Crippen molar-refractivity contribution in [1.82, 2.24) is 9.88 Å². The fourth-order valence-corrected chi connectivity index (χ4v) is 1.35. The van der Waals surface area contributed by atoms with Gasteiger partial charge in [0, 0.05) is 26.8 Å². The molecule has 0 unspecified atom stereocenters. The van der Waals surface area contributed by atoms with Gasteiger partial charge in [-0.15, -0.1) is 0 Å². The Labute approximate surface area is 95.9 Å². The van der Waals surface area contributed by atoms with Crippen LogP contribution in [0.3, 0.4) is 0 Å². The minimum atomic E-state index is 0.0464. The predicted molar refractivity (Wildman–Crippen MR) is 65.2 cm³/mol. The van der Waals surface area contributed by atoms with Crippen LogP contribution in [0.5, 0.6) is 0 Å². The number of hydrogen-bond acceptors (Lipinski definition) is 4. The third kappa shape index (κ3) is 2.85. The molecule has 0 aromatic carbocycles. The van der Waals surface area contributed by atoms with E-state index in [1.807, 2.05) is 24.0 Å². The number of pyridine rings is 1. The predicted octanol–water partition coefficient (Wildman–Crippen LogP) is 0.578. The van der Waals surface area contributed by atoms with Gasteiger partial charge in [-0.25, -0.2) is 4.98 Å². The van der Waals surface area contributed by atoms with Gasteiger partial charge in [0.25, 0.3) is 0 Å². The van der Waals surface area contributed by atoms with Crippen LogP contribution in [-0.4, -0.2) is 43.0 Å². The van der Waals surface area contributed by atoms with Crippen LogP contribution in [0.2, 0.25) is 0 Å². The van der Waals surface area contributed by atoms with E-state index >= 15 is 0 Å². The van der Waals surface area contributed by atoms with Gasteiger partial charge in [0.15, 0.2) is 0 Å². The second kappa shape index (κ2) is 5.34. The molecule has 16 heavy (non-hydrogen) atoms. The monoisotopic (exact) mass is 222 g/mol. The minimum Gasteiger partial charge on any atom is -0.382 e. The van der Waals surface area contributed by atoms with Crippen molar-refractivity contribution in [2.45, 2.75) is 6.92 Å². The number of nitrogens with two attached hydrogens (primary N) is 1. The van der Waals surface area contributed by atoms with Gasteiger partial charge in [-0.1, -0.05) is 0 Å². The van der Waals surface area contributed by atoms with Crippen LogP contribution in [0.15, 0.2) is 18.3 Å². The molecule has 1 heterocycles. The van der Waals surface area contributed by atoms with Crippen LogP contribution in [0.4, 0.5) is 11.5 Å². The molecule has 0 fully saturated rings. The van der Waals surface area contributed by atoms with Crippen LogP contribution in [0.1, 0.15) is 6.92 Å². The average Bonchev–Trinajstić information content (AvgIpc) is 2.26. The lowest BCUT2D eigenvalue weighted by Gasteiger charge is -2.24. The van der Waals surface area contributed by atoms with Gasteiger partial charge < -0.3 is 15.5 Å². The highest BCUT2D eigenvalue weighted by atomic mass is 16.2. The van der Waals surface area contributed by atoms with E-state index in [1.165, 1.54) is 0 Å². The summed E-state index contributed by atoms with van der Waals surface area (Å²) in [7, 11) is 3.48. The number of carbonyl (C=O) groups excluding carboxylic acids is 1. The summed E-state index contributed by atoms with van der Waals surface area (Å²) < 4.78 is 0. The lowest BCUT2D eigenvalue weighted by molar-refractivity contribution is -0.127. The van der Waals surface area contributed by atoms with Crippen LogP contribution < -0.4 is 10.6 Å². The first-order chi connectivity index (χ1) is 7.56. The number of rotatable bonds is 4. The van der Waals surface area contributed by atoms with Crippen molar-refractivity contribution in [2.24, 2.45) is 0 Å². The lowest BCUT2D eigenvalue weighted by atomic mass is 10.3. The van der Waals surface area contributed by atoms with Gasteiger partial charge in [0.1, 0.15) is 5.82 Å². The molecule has 0 aliphatic rings. The smallest absolute Gasteiger partial charge is 0.241 e. The fraction of sp³-hybridized carbons (Fsp3) is 0.455. The van der Waals surface area contributed by atoms with E-state index < -0.39 is 0 Å². The molecule has 0 aliphatic heterocycles. The summed E-state index contributed by atoms with van der Waals surface area (Å²) >= 11 is 0. The van der Waals surface area contributed by atoms with Crippen molar-refractivity contribution in [3.8, 4) is 0 Å². The quantitative estimate of drug-likeness (QED) is 0.809. The highest BCUT2D eigenvalue weighted by Gasteiger charge is 2.13. The van der Waals surface area contributed by atoms with Gasteiger partial charge in [0.2, 0.25) is 5.91 Å². The Hall–Kier alpha value is -1.78. The second-order valence-corrected chi connectivity index (χ2v) is 3.71. The molecule has 5 nitrogen and oxygen atoms in total. The maximum Gasteiger partial charge on any atom is 0.241 e. The van der Waals surface area contributed by atoms with Crippen molar-refractivity contribution >= 4 is 17.4 Å². The van der Waals surface area contributed by atoms with Gasteiger partial charge in [-0.3, -0.25) is 4.79 Å². The molecule has 2 N–H and O–H groups in total. The first-order valence-corrected chi connectivity index (χ1v) is 5.21. The molecule has 1 aromatic rings. The molecular weight excluding hydrogens is 204 g/mol. The molecule has 1 rings (SSSR count). The van der Waals surface area contributed by atoms with Crippen molar-refractivity contribution in [1.29, 1.82) is 0 Å². The molecule has 88 valence electrons. The Morgan fingerprint density at radius 1 is 1.50 bits per heavy atom. The van der Waals surface area contributed by atoms with Crippen molar-refractivity contribution in [3.05, 3.63) is 18.3 Å². The van der Waals surface area contributed by atoms with Crippen LogP contribution in [0, 0.1) is 0 Å². The Bertz CT molecular complexity index is 365. The normalized spacial score (nSPS) is 9.94. The van der Waals surface area contributed by atoms with Gasteiger partial charge in [-0.2, -0.15) is 0 Å². The summed E-state index contributed by atoms with van der Waals surface area (Å²) in [6, 6.07) is 3.68. The van der Waals surface area contributed by atoms with Crippen LogP contribution >= 0.6 is 0 Å². The highest BCUT2D eigenvalue weighted by molar-refractivity contribution is 5.82. The average molecular weight is 222 g/mol. The van der Waals surface area contributed by atoms with E-state index in [0.29, 0.717) is 12.4 Å². The summed E-state index contributed by atoms with van der Waals surface area (Å²) in [6.07, 6.45) is 1.64. The van der Waals surface area contributed by atoms with Crippen molar-refractivity contribution in [2.75, 3.05) is 37.8 Å². The molecule has 1 aromatic heterocycles. The van der Waals surface area contributed by atoms with Gasteiger partial charge in [-0.05, 0) is 19.1 Å². The highest BCUT2D eigenvalue weighted by Crippen LogP contribution is 2.19. The summed E-state index contributed by atoms with van der Waals surface area (Å²) in [5.41, 5.74) is 6.58. The molecule has 0 spiro atoms. The summed E-state index contributed by atoms with van der Waals surface area (Å²) in [6.45, 7) is 3.02. The summed E-state index contributed by atoms with van der Waals surface area (Å²) in [4.78, 5) is 19.1. The number of amides is 1. The number of nitrogen functional groups attached to an aromatic ring is 1. The fourth-order valence-electron chi connectivity index (χ4n) is 1.35. The number of likely N-dealkylation sites (N-methyl/N-ethyl adjacent to an activating group) is 2. The standard InChI is InChI=1S/C11H18N4O/c1-4-15(8-10(16)14(2)3)9-6-5-7-13-11(9)12/h5-7H,4,8H2,1-3H3,(H2,12,13). The first kappa shape index (κ1) is 12.3. The van der Waals surface area contributed by atoms with Crippen LogP contribution in [0.25, 0.3) is 0 Å². The molecule has 0 aliphatic carbocycles. The molecular formula is C11H18N4O. The second-order valence-electron chi connectivity index (χ2n) is 3.71. The van der Waals surface area contributed by atoms with Gasteiger partial charge >= 0.3 is 0 Å². The van der Waals surface area contributed by atoms with E-state index in [9.17, 15) is 4.79 Å². The zero-order chi connectivity index (χ0) is 12.1. The summed E-state index contributed by atoms with van der Waals surface area (Å²) in [5, 5.41) is 0. The molecule has 0 bridgehead atoms. The SMILES string of the molecule is CCN(CC(=O)N(C)C)c1cccnc1N. The Morgan fingerprint density at radius 3 is 2.69 bits per heavy atom. The zero-order valence-electron chi connectivity index (χ0n) is 9.97. The Morgan fingerprint density at radius 2 is 2.19 bits per heavy atom. The molecule has 0 atom stereocenters. The van der Waals surface area contributed by atoms with Crippen molar-refractivity contribution in [3.63, 3.8) is 0 Å². The Kier molecular flexibility index (Phi) is 4.10. The first-order valence-electron chi connectivity index (χ1n) is 5.21. The summed E-state index contributed by atoms with van der Waals surface area (Å²) in [5.74, 6) is 0.501. The minimum absolute atomic E-state index is 0.0464. The maximum atomic E-state index is 11.6. The molecule has 0 radical (unpaired) electrons. The molecule has 0 saturated heterocycles. The van der Waals surface area contributed by atoms with E-state index in [4.69, 9.17) is 5.73 Å². The van der Waals surface area contributed by atoms with Gasteiger partial charge in [0.05, 0.1) is 12.2 Å². The number of anilines is 2. The number of nitrogens with zero attached hydrogens (tertiary/aromatic N) is 3. The largest absolute Gasteiger partial charge is 0.382 e. The molecule has 0 saturated carbocycles. The van der Waals surface area contributed by atoms with E-state index in [1.54, 1.807) is 25.2 Å². The van der Waals surface area contributed by atoms with E-state index in [2.05, 4.69) is 4.98 Å². The lowest BCUT2D eigenvalue weighted by Crippen LogP contribution is -2.37. The third-order valence-corrected chi connectivity index (χ3v) is 2.36. The number of aromatic nitrogens is 1. The third-order valence-electron chi connectivity index (χ3n) is 2.36. The molecule has 1 amide bonds. The van der Waals surface area contributed by atoms with E-state index in [0.717, 1.165) is 12.2 Å². The zero-order valence-corrected chi connectivity index (χ0v) is 9.97. The van der Waals surface area contributed by atoms with E-state index in [-0.39, 0.29) is 5.91 Å². The Balaban J connectivity index is 2.83. The topological polar surface area (TPSA) is 62.5 Å². The number of hydrogen-bond donors (Lipinski definition) is 1. The number of carbonyl (C=O) groups is 1.